The monoisotopic (exact) mass is 270 g/mol. The average Bonchev–Trinajstić information content (AvgIpc) is 3.30. The first-order valence-electron chi connectivity index (χ1n) is 6.70. The molecule has 0 aliphatic heterocycles. The second-order valence-corrected chi connectivity index (χ2v) is 5.02. The molecule has 1 amide bonds. The standard InChI is InChI=1S/C16H15FN2O/c17-15-9-6-13(10-18-15)16(20)19(14-7-8-14)11-12-4-2-1-3-5-12/h1-6,9-10,14H,7-8,11H2. The summed E-state index contributed by atoms with van der Waals surface area (Å²) in [4.78, 5) is 17.9. The molecule has 3 rings (SSSR count). The van der Waals surface area contributed by atoms with Gasteiger partial charge in [-0.15, -0.1) is 0 Å². The molecule has 0 saturated heterocycles. The number of benzene rings is 1. The van der Waals surface area contributed by atoms with Gasteiger partial charge in [-0.25, -0.2) is 4.98 Å². The van der Waals surface area contributed by atoms with Gasteiger partial charge < -0.3 is 4.90 Å². The number of carbonyl (C=O) groups is 1. The van der Waals surface area contributed by atoms with Gasteiger partial charge in [0.15, 0.2) is 0 Å². The van der Waals surface area contributed by atoms with E-state index in [1.165, 1.54) is 18.3 Å². The smallest absolute Gasteiger partial charge is 0.255 e. The fourth-order valence-corrected chi connectivity index (χ4v) is 2.20. The van der Waals surface area contributed by atoms with Crippen LogP contribution in [-0.4, -0.2) is 21.8 Å². The first kappa shape index (κ1) is 12.8. The Bertz CT molecular complexity index is 594. The molecule has 0 atom stereocenters. The Labute approximate surface area is 117 Å². The Kier molecular flexibility index (Phi) is 3.46. The SMILES string of the molecule is O=C(c1ccc(F)nc1)N(Cc1ccccc1)C1CC1. The number of nitrogens with zero attached hydrogens (tertiary/aromatic N) is 2. The molecule has 0 bridgehead atoms. The van der Waals surface area contributed by atoms with Crippen molar-refractivity contribution in [3.05, 3.63) is 65.7 Å². The highest BCUT2D eigenvalue weighted by Gasteiger charge is 2.33. The Morgan fingerprint density at radius 3 is 2.55 bits per heavy atom. The van der Waals surface area contributed by atoms with Crippen LogP contribution in [0.4, 0.5) is 4.39 Å². The van der Waals surface area contributed by atoms with Gasteiger partial charge in [0.2, 0.25) is 5.95 Å². The molecule has 4 heteroatoms. The molecule has 20 heavy (non-hydrogen) atoms. The van der Waals surface area contributed by atoms with Crippen LogP contribution in [0.2, 0.25) is 0 Å². The van der Waals surface area contributed by atoms with Crippen LogP contribution < -0.4 is 0 Å². The van der Waals surface area contributed by atoms with Crippen molar-refractivity contribution in [2.45, 2.75) is 25.4 Å². The zero-order valence-corrected chi connectivity index (χ0v) is 11.0. The van der Waals surface area contributed by atoms with Crippen LogP contribution in [0.3, 0.4) is 0 Å². The van der Waals surface area contributed by atoms with E-state index in [1.807, 2.05) is 35.2 Å². The topological polar surface area (TPSA) is 33.2 Å². The first-order chi connectivity index (χ1) is 9.74. The molecule has 1 aromatic heterocycles. The maximum atomic E-state index is 12.8. The van der Waals surface area contributed by atoms with Crippen LogP contribution in [0, 0.1) is 5.95 Å². The quantitative estimate of drug-likeness (QED) is 0.800. The molecule has 1 aliphatic carbocycles. The lowest BCUT2D eigenvalue weighted by atomic mass is 10.2. The van der Waals surface area contributed by atoms with Crippen LogP contribution in [0.25, 0.3) is 0 Å². The van der Waals surface area contributed by atoms with Crippen LogP contribution in [-0.2, 0) is 6.54 Å². The molecule has 1 heterocycles. The van der Waals surface area contributed by atoms with E-state index in [4.69, 9.17) is 0 Å². The predicted molar refractivity (Wildman–Crippen MR) is 73.5 cm³/mol. The van der Waals surface area contributed by atoms with Crippen LogP contribution in [0.1, 0.15) is 28.8 Å². The van der Waals surface area contributed by atoms with Crippen molar-refractivity contribution in [3.8, 4) is 0 Å². The van der Waals surface area contributed by atoms with E-state index in [9.17, 15) is 9.18 Å². The summed E-state index contributed by atoms with van der Waals surface area (Å²) in [5.74, 6) is -0.647. The Morgan fingerprint density at radius 1 is 1.20 bits per heavy atom. The number of carbonyl (C=O) groups excluding carboxylic acids is 1. The molecule has 3 nitrogen and oxygen atoms in total. The summed E-state index contributed by atoms with van der Waals surface area (Å²) in [6, 6.07) is 12.9. The summed E-state index contributed by atoms with van der Waals surface area (Å²) >= 11 is 0. The summed E-state index contributed by atoms with van der Waals surface area (Å²) in [7, 11) is 0. The van der Waals surface area contributed by atoms with E-state index in [1.54, 1.807) is 0 Å². The molecule has 1 saturated carbocycles. The van der Waals surface area contributed by atoms with Crippen LogP contribution in [0.5, 0.6) is 0 Å². The molecular formula is C16H15FN2O. The third kappa shape index (κ3) is 2.85. The van der Waals surface area contributed by atoms with E-state index in [-0.39, 0.29) is 5.91 Å². The van der Waals surface area contributed by atoms with Gasteiger partial charge in [0.05, 0.1) is 5.56 Å². The summed E-state index contributed by atoms with van der Waals surface area (Å²) in [6.07, 6.45) is 3.37. The molecule has 0 radical (unpaired) electrons. The van der Waals surface area contributed by atoms with Crippen molar-refractivity contribution < 1.29 is 9.18 Å². The molecule has 102 valence electrons. The molecule has 0 spiro atoms. The highest BCUT2D eigenvalue weighted by Crippen LogP contribution is 2.29. The van der Waals surface area contributed by atoms with E-state index in [0.29, 0.717) is 18.2 Å². The second-order valence-electron chi connectivity index (χ2n) is 5.02. The molecule has 1 aromatic carbocycles. The van der Waals surface area contributed by atoms with Gasteiger partial charge in [0.25, 0.3) is 5.91 Å². The maximum Gasteiger partial charge on any atom is 0.255 e. The number of hydrogen-bond donors (Lipinski definition) is 0. The van der Waals surface area contributed by atoms with Gasteiger partial charge in [-0.05, 0) is 30.5 Å². The summed E-state index contributed by atoms with van der Waals surface area (Å²) in [6.45, 7) is 0.585. The zero-order chi connectivity index (χ0) is 13.9. The van der Waals surface area contributed by atoms with Crippen LogP contribution in [0.15, 0.2) is 48.7 Å². The van der Waals surface area contributed by atoms with Gasteiger partial charge in [-0.2, -0.15) is 4.39 Å². The van der Waals surface area contributed by atoms with Crippen molar-refractivity contribution in [2.75, 3.05) is 0 Å². The fourth-order valence-electron chi connectivity index (χ4n) is 2.20. The van der Waals surface area contributed by atoms with Crippen molar-refractivity contribution in [1.82, 2.24) is 9.88 Å². The zero-order valence-electron chi connectivity index (χ0n) is 11.0. The molecule has 0 unspecified atom stereocenters. The minimum atomic E-state index is -0.567. The van der Waals surface area contributed by atoms with E-state index < -0.39 is 5.95 Å². The number of aromatic nitrogens is 1. The lowest BCUT2D eigenvalue weighted by Gasteiger charge is -2.22. The van der Waals surface area contributed by atoms with E-state index in [0.717, 1.165) is 18.4 Å². The minimum Gasteiger partial charge on any atom is -0.331 e. The van der Waals surface area contributed by atoms with Crippen LogP contribution >= 0.6 is 0 Å². The highest BCUT2D eigenvalue weighted by atomic mass is 19.1. The van der Waals surface area contributed by atoms with E-state index >= 15 is 0 Å². The molecular weight excluding hydrogens is 255 g/mol. The minimum absolute atomic E-state index is 0.0798. The highest BCUT2D eigenvalue weighted by molar-refractivity contribution is 5.94. The van der Waals surface area contributed by atoms with Gasteiger partial charge >= 0.3 is 0 Å². The number of rotatable bonds is 4. The van der Waals surface area contributed by atoms with Gasteiger partial charge in [-0.3, -0.25) is 4.79 Å². The lowest BCUT2D eigenvalue weighted by molar-refractivity contribution is 0.0729. The summed E-state index contributed by atoms with van der Waals surface area (Å²) in [5.41, 5.74) is 1.54. The summed E-state index contributed by atoms with van der Waals surface area (Å²) in [5, 5.41) is 0. The number of hydrogen-bond acceptors (Lipinski definition) is 2. The largest absolute Gasteiger partial charge is 0.331 e. The number of amides is 1. The van der Waals surface area contributed by atoms with Crippen molar-refractivity contribution >= 4 is 5.91 Å². The average molecular weight is 270 g/mol. The molecule has 1 fully saturated rings. The third-order valence-electron chi connectivity index (χ3n) is 3.42. The van der Waals surface area contributed by atoms with Crippen molar-refractivity contribution in [1.29, 1.82) is 0 Å². The second kappa shape index (κ2) is 5.41. The summed E-state index contributed by atoms with van der Waals surface area (Å²) < 4.78 is 12.8. The lowest BCUT2D eigenvalue weighted by Crippen LogP contribution is -2.32. The molecule has 0 N–H and O–H groups in total. The van der Waals surface area contributed by atoms with Gasteiger partial charge in [-0.1, -0.05) is 30.3 Å². The fraction of sp³-hybridized carbons (Fsp3) is 0.250. The molecule has 2 aromatic rings. The van der Waals surface area contributed by atoms with Crippen molar-refractivity contribution in [3.63, 3.8) is 0 Å². The van der Waals surface area contributed by atoms with Crippen molar-refractivity contribution in [2.24, 2.45) is 0 Å². The Balaban J connectivity index is 1.80. The molecule has 1 aliphatic rings. The first-order valence-corrected chi connectivity index (χ1v) is 6.70. The van der Waals surface area contributed by atoms with Gasteiger partial charge in [0.1, 0.15) is 0 Å². The Hall–Kier alpha value is -2.23. The Morgan fingerprint density at radius 2 is 1.95 bits per heavy atom. The van der Waals surface area contributed by atoms with E-state index in [2.05, 4.69) is 4.98 Å². The number of pyridine rings is 1. The van der Waals surface area contributed by atoms with Gasteiger partial charge in [0, 0.05) is 18.8 Å². The third-order valence-corrected chi connectivity index (χ3v) is 3.42. The predicted octanol–water partition coefficient (Wildman–Crippen LogP) is 3.03. The maximum absolute atomic E-state index is 12.8. The normalized spacial score (nSPS) is 14.1. The number of halogens is 1.